The van der Waals surface area contributed by atoms with Crippen molar-refractivity contribution in [1.82, 2.24) is 0 Å². The molecular formula is C31H43NO7. The second-order valence-corrected chi connectivity index (χ2v) is 12.4. The number of nitrogens with zero attached hydrogens (tertiary/aromatic N) is 1. The summed E-state index contributed by atoms with van der Waals surface area (Å²) in [6, 6.07) is 0. The van der Waals surface area contributed by atoms with Crippen LogP contribution < -0.4 is 0 Å². The van der Waals surface area contributed by atoms with Crippen LogP contribution in [0.5, 0.6) is 0 Å². The molecule has 2 bridgehead atoms. The van der Waals surface area contributed by atoms with Crippen molar-refractivity contribution in [3.05, 3.63) is 47.1 Å². The summed E-state index contributed by atoms with van der Waals surface area (Å²) in [5.41, 5.74) is 0.916. The zero-order chi connectivity index (χ0) is 27.9. The summed E-state index contributed by atoms with van der Waals surface area (Å²) in [5, 5.41) is 25.2. The first-order chi connectivity index (χ1) is 18.5. The number of carbonyl (C=O) groups is 1. The van der Waals surface area contributed by atoms with E-state index in [1.807, 2.05) is 12.2 Å². The Morgan fingerprint density at radius 1 is 1.13 bits per heavy atom. The molecule has 0 amide bonds. The van der Waals surface area contributed by atoms with Gasteiger partial charge in [0.15, 0.2) is 5.79 Å². The maximum Gasteiger partial charge on any atom is 0.316 e. The van der Waals surface area contributed by atoms with E-state index in [0.29, 0.717) is 36.3 Å². The van der Waals surface area contributed by atoms with Gasteiger partial charge in [-0.1, -0.05) is 55.0 Å². The van der Waals surface area contributed by atoms with E-state index in [2.05, 4.69) is 45.0 Å². The van der Waals surface area contributed by atoms with Gasteiger partial charge in [-0.2, -0.15) is 0 Å². The number of aliphatic hydroxyl groups is 1. The Morgan fingerprint density at radius 3 is 2.67 bits per heavy atom. The first-order valence-electron chi connectivity index (χ1n) is 14.4. The lowest BCUT2D eigenvalue weighted by Gasteiger charge is -2.49. The second kappa shape index (κ2) is 11.0. The van der Waals surface area contributed by atoms with Crippen molar-refractivity contribution in [3.63, 3.8) is 0 Å². The van der Waals surface area contributed by atoms with Crippen LogP contribution in [0.3, 0.4) is 0 Å². The van der Waals surface area contributed by atoms with Crippen LogP contribution in [0.4, 0.5) is 0 Å². The second-order valence-electron chi connectivity index (χ2n) is 12.4. The van der Waals surface area contributed by atoms with E-state index in [1.54, 1.807) is 13.0 Å². The van der Waals surface area contributed by atoms with Gasteiger partial charge in [0.25, 0.3) is 0 Å². The first-order valence-corrected chi connectivity index (χ1v) is 14.4. The van der Waals surface area contributed by atoms with Crippen molar-refractivity contribution in [3.8, 4) is 0 Å². The Hall–Kier alpha value is -2.26. The highest BCUT2D eigenvalue weighted by Gasteiger charge is 2.59. The summed E-state index contributed by atoms with van der Waals surface area (Å²) < 4.78 is 25.3. The number of ether oxygens (including phenoxy) is 4. The molecule has 9 unspecified atom stereocenters. The molecule has 3 fully saturated rings. The predicted octanol–water partition coefficient (Wildman–Crippen LogP) is 5.00. The molecule has 0 aromatic rings. The Labute approximate surface area is 231 Å². The molecule has 1 aliphatic carbocycles. The van der Waals surface area contributed by atoms with Crippen molar-refractivity contribution < 1.29 is 34.1 Å². The fourth-order valence-electron chi connectivity index (χ4n) is 6.85. The van der Waals surface area contributed by atoms with Gasteiger partial charge in [-0.25, -0.2) is 0 Å². The molecule has 4 aliphatic heterocycles. The van der Waals surface area contributed by atoms with Crippen LogP contribution in [-0.4, -0.2) is 64.4 Å². The molecule has 39 heavy (non-hydrogen) atoms. The number of oxime groups is 1. The van der Waals surface area contributed by atoms with Crippen molar-refractivity contribution >= 4 is 11.7 Å². The minimum atomic E-state index is -1.72. The van der Waals surface area contributed by atoms with E-state index in [9.17, 15) is 15.1 Å². The highest BCUT2D eigenvalue weighted by atomic mass is 16.7. The van der Waals surface area contributed by atoms with Gasteiger partial charge >= 0.3 is 5.97 Å². The molecule has 8 nitrogen and oxygen atoms in total. The minimum absolute atomic E-state index is 0.0431. The van der Waals surface area contributed by atoms with Crippen LogP contribution >= 0.6 is 0 Å². The topological polar surface area (TPSA) is 107 Å². The van der Waals surface area contributed by atoms with Gasteiger partial charge in [-0.3, -0.25) is 4.79 Å². The summed E-state index contributed by atoms with van der Waals surface area (Å²) in [6.07, 6.45) is 12.6. The maximum atomic E-state index is 13.9. The molecule has 9 atom stereocenters. The zero-order valence-electron chi connectivity index (χ0n) is 23.8. The number of fused-ring (bicyclic) bond motifs is 2. The quantitative estimate of drug-likeness (QED) is 0.192. The number of hydrogen-bond acceptors (Lipinski definition) is 8. The molecule has 0 radical (unpaired) electrons. The number of carbonyl (C=O) groups excluding carboxylic acids is 1. The van der Waals surface area contributed by atoms with Crippen LogP contribution in [0, 0.1) is 17.8 Å². The van der Waals surface area contributed by atoms with Crippen molar-refractivity contribution in [1.29, 1.82) is 0 Å². The van der Waals surface area contributed by atoms with E-state index in [0.717, 1.165) is 19.3 Å². The van der Waals surface area contributed by atoms with E-state index >= 15 is 0 Å². The highest BCUT2D eigenvalue weighted by molar-refractivity contribution is 6.06. The fraction of sp³-hybridized carbons (Fsp3) is 0.677. The molecule has 4 heterocycles. The fourth-order valence-corrected chi connectivity index (χ4v) is 6.85. The van der Waals surface area contributed by atoms with Gasteiger partial charge in [-0.15, -0.1) is 0 Å². The molecule has 0 saturated carbocycles. The summed E-state index contributed by atoms with van der Waals surface area (Å²) in [6.45, 7) is 10.4. The molecule has 5 rings (SSSR count). The van der Waals surface area contributed by atoms with Gasteiger partial charge in [0.2, 0.25) is 0 Å². The molecule has 8 heteroatoms. The molecule has 5 aliphatic rings. The Balaban J connectivity index is 1.53. The third-order valence-electron chi connectivity index (χ3n) is 9.25. The molecule has 0 aromatic carbocycles. The standard InChI is InChI=1S/C31H43NO7/c1-18-7-6-8-23-17-36-28-27(32-35)21(4)14-26(31(23,28)34)29(33)37-25-15-24(10-9-19(2)13-18)39-30(16-25)12-11-20(3)22(5)38-30/h6-9,14,18,20,22,24-26,28,34-35H,10-13,15-17H2,1-5H3/b7-6+,19-9+,23-8+,32-27-. The largest absolute Gasteiger partial charge is 0.462 e. The SMILES string of the molecule is CC1=CC2C(=O)OC3CC(C/C=C(\C)CC(C)/C=C/C=C4\COC(/C1=N\O)C42O)OC1(CCC(C)C(C)O1)C3. The molecule has 214 valence electrons. The molecule has 3 saturated heterocycles. The van der Waals surface area contributed by atoms with E-state index < -0.39 is 35.5 Å². The lowest BCUT2D eigenvalue weighted by atomic mass is 9.71. The lowest BCUT2D eigenvalue weighted by Crippen LogP contribution is -2.57. The molecule has 2 N–H and O–H groups in total. The Morgan fingerprint density at radius 2 is 1.92 bits per heavy atom. The van der Waals surface area contributed by atoms with Gasteiger partial charge in [0, 0.05) is 19.3 Å². The van der Waals surface area contributed by atoms with Crippen molar-refractivity contribution in [2.75, 3.05) is 6.61 Å². The van der Waals surface area contributed by atoms with Gasteiger partial charge in [0.05, 0.1) is 18.8 Å². The van der Waals surface area contributed by atoms with Gasteiger partial charge in [-0.05, 0) is 63.0 Å². The van der Waals surface area contributed by atoms with Crippen molar-refractivity contribution in [2.45, 2.75) is 109 Å². The minimum Gasteiger partial charge on any atom is -0.462 e. The third kappa shape index (κ3) is 5.41. The lowest BCUT2D eigenvalue weighted by molar-refractivity contribution is -0.332. The normalized spacial score (nSPS) is 47.8. The number of allylic oxidation sites excluding steroid dienone is 4. The highest BCUT2D eigenvalue weighted by Crippen LogP contribution is 2.46. The van der Waals surface area contributed by atoms with E-state index in [1.165, 1.54) is 5.57 Å². The van der Waals surface area contributed by atoms with Crippen LogP contribution in [0.1, 0.15) is 73.1 Å². The first kappa shape index (κ1) is 28.3. The number of esters is 1. The molecular weight excluding hydrogens is 498 g/mol. The smallest absolute Gasteiger partial charge is 0.316 e. The molecule has 1 spiro atoms. The predicted molar refractivity (Wildman–Crippen MR) is 146 cm³/mol. The number of hydrogen-bond donors (Lipinski definition) is 2. The van der Waals surface area contributed by atoms with E-state index in [-0.39, 0.29) is 30.4 Å². The van der Waals surface area contributed by atoms with Gasteiger partial charge < -0.3 is 29.3 Å². The van der Waals surface area contributed by atoms with Crippen LogP contribution in [0.2, 0.25) is 0 Å². The summed E-state index contributed by atoms with van der Waals surface area (Å²) >= 11 is 0. The van der Waals surface area contributed by atoms with Crippen LogP contribution in [0.15, 0.2) is 52.3 Å². The van der Waals surface area contributed by atoms with Gasteiger partial charge in [0.1, 0.15) is 29.4 Å². The van der Waals surface area contributed by atoms with Crippen LogP contribution in [-0.2, 0) is 23.7 Å². The van der Waals surface area contributed by atoms with Crippen molar-refractivity contribution in [2.24, 2.45) is 22.9 Å². The summed E-state index contributed by atoms with van der Waals surface area (Å²) in [4.78, 5) is 13.9. The average molecular weight is 542 g/mol. The monoisotopic (exact) mass is 541 g/mol. The maximum absolute atomic E-state index is 13.9. The third-order valence-corrected chi connectivity index (χ3v) is 9.25. The average Bonchev–Trinajstić information content (AvgIpc) is 3.21. The number of rotatable bonds is 0. The van der Waals surface area contributed by atoms with Crippen LogP contribution in [0.25, 0.3) is 0 Å². The summed E-state index contributed by atoms with van der Waals surface area (Å²) in [7, 11) is 0. The van der Waals surface area contributed by atoms with E-state index in [4.69, 9.17) is 18.9 Å². The Bertz CT molecular complexity index is 1120. The molecule has 0 aromatic heterocycles. The summed E-state index contributed by atoms with van der Waals surface area (Å²) in [5.74, 6) is -1.62. The Kier molecular flexibility index (Phi) is 7.94. The zero-order valence-corrected chi connectivity index (χ0v) is 23.8.